The second-order valence-electron chi connectivity index (χ2n) is 5.02. The van der Waals surface area contributed by atoms with Crippen LogP contribution in [0.3, 0.4) is 0 Å². The lowest BCUT2D eigenvalue weighted by atomic mass is 10.2. The highest BCUT2D eigenvalue weighted by Crippen LogP contribution is 2.23. The molecule has 0 radical (unpaired) electrons. The molecule has 0 aliphatic heterocycles. The zero-order chi connectivity index (χ0) is 16.9. The van der Waals surface area contributed by atoms with Gasteiger partial charge >= 0.3 is 6.36 Å². The molecule has 0 saturated heterocycles. The fourth-order valence-electron chi connectivity index (χ4n) is 2.12. The molecule has 23 heavy (non-hydrogen) atoms. The van der Waals surface area contributed by atoms with Crippen molar-refractivity contribution in [2.45, 2.75) is 19.5 Å². The Morgan fingerprint density at radius 2 is 2.00 bits per heavy atom. The van der Waals surface area contributed by atoms with Crippen molar-refractivity contribution in [3.8, 4) is 11.8 Å². The van der Waals surface area contributed by atoms with Gasteiger partial charge in [-0.05, 0) is 36.9 Å². The minimum atomic E-state index is -4.70. The Balaban J connectivity index is 2.01. The largest absolute Gasteiger partial charge is 0.573 e. The van der Waals surface area contributed by atoms with Gasteiger partial charge in [-0.2, -0.15) is 5.26 Å². The summed E-state index contributed by atoms with van der Waals surface area (Å²) in [6.07, 6.45) is -3.15. The molecule has 0 unspecified atom stereocenters. The molecular formula is C16H14F3N3O. The zero-order valence-corrected chi connectivity index (χ0v) is 12.3. The molecule has 0 aliphatic rings. The lowest BCUT2D eigenvalue weighted by Crippen LogP contribution is -2.19. The van der Waals surface area contributed by atoms with E-state index in [-0.39, 0.29) is 5.75 Å². The predicted octanol–water partition coefficient (Wildman–Crippen LogP) is 3.48. The van der Waals surface area contributed by atoms with Crippen molar-refractivity contribution < 1.29 is 17.9 Å². The van der Waals surface area contributed by atoms with Gasteiger partial charge in [0.15, 0.2) is 0 Å². The van der Waals surface area contributed by atoms with Gasteiger partial charge in [0.25, 0.3) is 0 Å². The van der Waals surface area contributed by atoms with E-state index >= 15 is 0 Å². The fourth-order valence-corrected chi connectivity index (χ4v) is 2.12. The number of nitrogens with zero attached hydrogens (tertiary/aromatic N) is 3. The topological polar surface area (TPSA) is 49.1 Å². The lowest BCUT2D eigenvalue weighted by Gasteiger charge is -2.17. The minimum absolute atomic E-state index is 0.243. The van der Waals surface area contributed by atoms with Crippen molar-refractivity contribution in [2.75, 3.05) is 7.05 Å². The van der Waals surface area contributed by atoms with E-state index in [1.54, 1.807) is 24.4 Å². The number of pyridine rings is 1. The number of rotatable bonds is 5. The second kappa shape index (κ2) is 7.11. The molecule has 2 rings (SSSR count). The summed E-state index contributed by atoms with van der Waals surface area (Å²) < 4.78 is 40.6. The van der Waals surface area contributed by atoms with Gasteiger partial charge in [0, 0.05) is 19.3 Å². The highest BCUT2D eigenvalue weighted by atomic mass is 19.4. The molecule has 1 aromatic heterocycles. The number of halogens is 3. The van der Waals surface area contributed by atoms with Gasteiger partial charge in [-0.3, -0.25) is 9.88 Å². The molecule has 1 aromatic carbocycles. The van der Waals surface area contributed by atoms with Crippen molar-refractivity contribution in [3.63, 3.8) is 0 Å². The Labute approximate surface area is 131 Å². The van der Waals surface area contributed by atoms with Crippen molar-refractivity contribution in [1.82, 2.24) is 9.88 Å². The highest BCUT2D eigenvalue weighted by Gasteiger charge is 2.31. The van der Waals surface area contributed by atoms with Crippen LogP contribution in [-0.2, 0) is 13.1 Å². The maximum Gasteiger partial charge on any atom is 0.573 e. The van der Waals surface area contributed by atoms with Crippen LogP contribution in [0.4, 0.5) is 13.2 Å². The van der Waals surface area contributed by atoms with Gasteiger partial charge in [0.1, 0.15) is 5.75 Å². The van der Waals surface area contributed by atoms with Crippen LogP contribution in [0, 0.1) is 11.3 Å². The van der Waals surface area contributed by atoms with Gasteiger partial charge in [-0.1, -0.05) is 12.1 Å². The van der Waals surface area contributed by atoms with E-state index in [1.165, 1.54) is 18.2 Å². The predicted molar refractivity (Wildman–Crippen MR) is 77.2 cm³/mol. The smallest absolute Gasteiger partial charge is 0.406 e. The van der Waals surface area contributed by atoms with E-state index in [0.717, 1.165) is 0 Å². The summed E-state index contributed by atoms with van der Waals surface area (Å²) in [6.45, 7) is 0.896. The van der Waals surface area contributed by atoms with E-state index in [9.17, 15) is 13.2 Å². The third kappa shape index (κ3) is 5.60. The summed E-state index contributed by atoms with van der Waals surface area (Å²) in [5, 5.41) is 8.86. The average Bonchev–Trinajstić information content (AvgIpc) is 2.45. The summed E-state index contributed by atoms with van der Waals surface area (Å²) in [5.41, 5.74) is 1.92. The fraction of sp³-hybridized carbons (Fsp3) is 0.250. The van der Waals surface area contributed by atoms with Crippen LogP contribution in [0.1, 0.15) is 16.8 Å². The number of nitriles is 1. The van der Waals surface area contributed by atoms with Crippen molar-refractivity contribution in [2.24, 2.45) is 0 Å². The number of hydrogen-bond acceptors (Lipinski definition) is 4. The van der Waals surface area contributed by atoms with Crippen molar-refractivity contribution >= 4 is 0 Å². The molecule has 1 heterocycles. The van der Waals surface area contributed by atoms with E-state index in [2.05, 4.69) is 9.72 Å². The van der Waals surface area contributed by atoms with Crippen LogP contribution in [0.15, 0.2) is 42.6 Å². The van der Waals surface area contributed by atoms with Gasteiger partial charge < -0.3 is 4.74 Å². The number of ether oxygens (including phenoxy) is 1. The second-order valence-corrected chi connectivity index (χ2v) is 5.02. The van der Waals surface area contributed by atoms with Crippen molar-refractivity contribution in [3.05, 3.63) is 59.4 Å². The normalized spacial score (nSPS) is 11.3. The molecule has 120 valence electrons. The monoisotopic (exact) mass is 321 g/mol. The molecule has 0 aliphatic carbocycles. The molecule has 0 fully saturated rings. The molecule has 7 heteroatoms. The molecule has 0 saturated carbocycles. The minimum Gasteiger partial charge on any atom is -0.406 e. The Morgan fingerprint density at radius 1 is 1.22 bits per heavy atom. The number of benzene rings is 1. The van der Waals surface area contributed by atoms with Gasteiger partial charge in [0.05, 0.1) is 17.3 Å². The summed E-state index contributed by atoms with van der Waals surface area (Å²) >= 11 is 0. The molecule has 0 atom stereocenters. The van der Waals surface area contributed by atoms with Crippen LogP contribution in [0.25, 0.3) is 0 Å². The summed E-state index contributed by atoms with van der Waals surface area (Å²) in [7, 11) is 1.82. The van der Waals surface area contributed by atoms with Crippen LogP contribution in [0.2, 0.25) is 0 Å². The van der Waals surface area contributed by atoms with Gasteiger partial charge in [0.2, 0.25) is 0 Å². The molecule has 0 bridgehead atoms. The number of aromatic nitrogens is 1. The summed E-state index contributed by atoms with van der Waals surface area (Å²) in [4.78, 5) is 6.05. The first kappa shape index (κ1) is 16.8. The van der Waals surface area contributed by atoms with E-state index in [0.29, 0.717) is 29.9 Å². The first-order valence-corrected chi connectivity index (χ1v) is 6.74. The zero-order valence-electron chi connectivity index (χ0n) is 12.3. The van der Waals surface area contributed by atoms with Crippen LogP contribution < -0.4 is 4.74 Å². The van der Waals surface area contributed by atoms with E-state index in [4.69, 9.17) is 5.26 Å². The van der Waals surface area contributed by atoms with E-state index < -0.39 is 6.36 Å². The quantitative estimate of drug-likeness (QED) is 0.846. The molecule has 0 amide bonds. The van der Waals surface area contributed by atoms with Crippen LogP contribution in [-0.4, -0.2) is 23.3 Å². The average molecular weight is 321 g/mol. The summed E-state index contributed by atoms with van der Waals surface area (Å²) in [5.74, 6) is -0.243. The maximum atomic E-state index is 12.2. The van der Waals surface area contributed by atoms with Gasteiger partial charge in [-0.15, -0.1) is 13.2 Å². The molecule has 0 N–H and O–H groups in total. The molecule has 4 nitrogen and oxygen atoms in total. The van der Waals surface area contributed by atoms with Gasteiger partial charge in [-0.25, -0.2) is 0 Å². The molecule has 2 aromatic rings. The van der Waals surface area contributed by atoms with Crippen molar-refractivity contribution in [1.29, 1.82) is 5.26 Å². The van der Waals surface area contributed by atoms with E-state index in [1.807, 2.05) is 18.0 Å². The van der Waals surface area contributed by atoms with Crippen LogP contribution >= 0.6 is 0 Å². The Morgan fingerprint density at radius 3 is 2.70 bits per heavy atom. The third-order valence-electron chi connectivity index (χ3n) is 2.96. The first-order chi connectivity index (χ1) is 10.9. The lowest BCUT2D eigenvalue weighted by molar-refractivity contribution is -0.274. The first-order valence-electron chi connectivity index (χ1n) is 6.74. The Kier molecular flexibility index (Phi) is 5.19. The Bertz CT molecular complexity index is 710. The van der Waals surface area contributed by atoms with Crippen LogP contribution in [0.5, 0.6) is 5.75 Å². The number of alkyl halides is 3. The standard InChI is InChI=1S/C16H14F3N3O/c1-22(11-14-7-12(9-20)5-6-21-14)10-13-3-2-4-15(8-13)23-16(17,18)19/h2-8H,10-11H2,1H3. The highest BCUT2D eigenvalue weighted by molar-refractivity contribution is 5.30. The maximum absolute atomic E-state index is 12.2. The SMILES string of the molecule is CN(Cc1cccc(OC(F)(F)F)c1)Cc1cc(C#N)ccn1. The third-order valence-corrected chi connectivity index (χ3v) is 2.96. The summed E-state index contributed by atoms with van der Waals surface area (Å²) in [6, 6.07) is 11.2. The molecular weight excluding hydrogens is 307 g/mol. The Hall–Kier alpha value is -2.59. The number of hydrogen-bond donors (Lipinski definition) is 0. The molecule has 0 spiro atoms.